The second-order valence-corrected chi connectivity index (χ2v) is 5.10. The lowest BCUT2D eigenvalue weighted by Crippen LogP contribution is -2.27. The maximum absolute atomic E-state index is 11.5. The third-order valence-electron chi connectivity index (χ3n) is 3.67. The molecule has 0 bridgehead atoms. The number of hydrogen-bond acceptors (Lipinski definition) is 4. The van der Waals surface area contributed by atoms with Gasteiger partial charge in [0.15, 0.2) is 0 Å². The zero-order chi connectivity index (χ0) is 14.3. The van der Waals surface area contributed by atoms with E-state index in [0.29, 0.717) is 30.2 Å². The van der Waals surface area contributed by atoms with Crippen LogP contribution in [0.25, 0.3) is 0 Å². The van der Waals surface area contributed by atoms with Crippen molar-refractivity contribution in [2.75, 3.05) is 18.0 Å². The first-order chi connectivity index (χ1) is 8.82. The van der Waals surface area contributed by atoms with Gasteiger partial charge >= 0.3 is 5.97 Å². The van der Waals surface area contributed by atoms with Gasteiger partial charge in [0.05, 0.1) is 11.6 Å². The Bertz CT molecular complexity index is 537. The molecule has 1 saturated heterocycles. The zero-order valence-electron chi connectivity index (χ0n) is 11.3. The van der Waals surface area contributed by atoms with Gasteiger partial charge in [-0.05, 0) is 12.8 Å². The Balaban J connectivity index is 2.39. The Kier molecular flexibility index (Phi) is 3.21. The van der Waals surface area contributed by atoms with Crippen molar-refractivity contribution in [3.05, 3.63) is 11.3 Å². The minimum Gasteiger partial charge on any atom is -0.481 e. The van der Waals surface area contributed by atoms with Crippen LogP contribution in [0.1, 0.15) is 23.0 Å². The number of aromatic nitrogens is 2. The van der Waals surface area contributed by atoms with Gasteiger partial charge in [0, 0.05) is 20.1 Å². The van der Waals surface area contributed by atoms with Gasteiger partial charge in [0.1, 0.15) is 11.4 Å². The molecule has 2 unspecified atom stereocenters. The maximum Gasteiger partial charge on any atom is 0.308 e. The van der Waals surface area contributed by atoms with Gasteiger partial charge in [0.25, 0.3) is 5.91 Å². The number of rotatable bonds is 3. The smallest absolute Gasteiger partial charge is 0.308 e. The van der Waals surface area contributed by atoms with Gasteiger partial charge in [-0.1, -0.05) is 6.92 Å². The van der Waals surface area contributed by atoms with E-state index in [0.717, 1.165) is 0 Å². The Hall–Kier alpha value is -2.05. The summed E-state index contributed by atoms with van der Waals surface area (Å²) in [5.74, 6) is -1.15. The molecule has 0 aromatic carbocycles. The second-order valence-electron chi connectivity index (χ2n) is 5.10. The Labute approximate surface area is 111 Å². The molecule has 1 fully saturated rings. The molecule has 1 aliphatic rings. The fourth-order valence-corrected chi connectivity index (χ4v) is 2.76. The van der Waals surface area contributed by atoms with Gasteiger partial charge < -0.3 is 15.7 Å². The molecule has 7 nitrogen and oxygen atoms in total. The summed E-state index contributed by atoms with van der Waals surface area (Å²) < 4.78 is 1.59. The van der Waals surface area contributed by atoms with E-state index >= 15 is 0 Å². The largest absolute Gasteiger partial charge is 0.481 e. The quantitative estimate of drug-likeness (QED) is 0.801. The molecule has 0 aliphatic carbocycles. The number of aryl methyl sites for hydroxylation is 2. The summed E-state index contributed by atoms with van der Waals surface area (Å²) in [6.45, 7) is 4.57. The number of amides is 1. The fourth-order valence-electron chi connectivity index (χ4n) is 2.76. The summed E-state index contributed by atoms with van der Waals surface area (Å²) in [5, 5.41) is 13.4. The van der Waals surface area contributed by atoms with Crippen molar-refractivity contribution in [3.63, 3.8) is 0 Å². The van der Waals surface area contributed by atoms with Crippen LogP contribution < -0.4 is 10.6 Å². The molecule has 0 spiro atoms. The monoisotopic (exact) mass is 266 g/mol. The van der Waals surface area contributed by atoms with Crippen molar-refractivity contribution in [2.45, 2.75) is 13.8 Å². The standard InChI is InChI=1S/C12H18N4O3/c1-6-4-16(5-8(6)12(18)19)11-9(10(13)17)7(2)14-15(11)3/h6,8H,4-5H2,1-3H3,(H2,13,17)(H,18,19). The number of primary amides is 1. The minimum atomic E-state index is -0.811. The van der Waals surface area contributed by atoms with E-state index in [2.05, 4.69) is 5.10 Å². The van der Waals surface area contributed by atoms with Crippen molar-refractivity contribution < 1.29 is 14.7 Å². The number of nitrogens with two attached hydrogens (primary N) is 1. The molecule has 3 N–H and O–H groups in total. The highest BCUT2D eigenvalue weighted by Gasteiger charge is 2.37. The van der Waals surface area contributed by atoms with Crippen LogP contribution in [0, 0.1) is 18.8 Å². The average Bonchev–Trinajstić information content (AvgIpc) is 2.78. The van der Waals surface area contributed by atoms with E-state index in [1.807, 2.05) is 11.8 Å². The van der Waals surface area contributed by atoms with E-state index in [1.54, 1.807) is 18.7 Å². The van der Waals surface area contributed by atoms with Gasteiger partial charge in [-0.25, -0.2) is 0 Å². The summed E-state index contributed by atoms with van der Waals surface area (Å²) >= 11 is 0. The molecule has 0 saturated carbocycles. The molecule has 0 radical (unpaired) electrons. The zero-order valence-corrected chi connectivity index (χ0v) is 11.3. The number of carboxylic acid groups (broad SMARTS) is 1. The van der Waals surface area contributed by atoms with E-state index in [9.17, 15) is 9.59 Å². The number of carbonyl (C=O) groups is 2. The second kappa shape index (κ2) is 4.56. The Morgan fingerprint density at radius 1 is 1.42 bits per heavy atom. The summed E-state index contributed by atoms with van der Waals surface area (Å²) in [7, 11) is 1.73. The molecule has 2 atom stereocenters. The van der Waals surface area contributed by atoms with E-state index < -0.39 is 17.8 Å². The van der Waals surface area contributed by atoms with E-state index in [4.69, 9.17) is 10.8 Å². The highest BCUT2D eigenvalue weighted by atomic mass is 16.4. The van der Waals surface area contributed by atoms with Gasteiger partial charge in [0.2, 0.25) is 0 Å². The van der Waals surface area contributed by atoms with E-state index in [1.165, 1.54) is 0 Å². The highest BCUT2D eigenvalue weighted by molar-refractivity contribution is 5.99. The molecule has 1 amide bonds. The number of hydrogen-bond donors (Lipinski definition) is 2. The topological polar surface area (TPSA) is 101 Å². The molecule has 19 heavy (non-hydrogen) atoms. The number of carboxylic acids is 1. The molecule has 2 rings (SSSR count). The number of anilines is 1. The van der Waals surface area contributed by atoms with Crippen molar-refractivity contribution in [1.82, 2.24) is 9.78 Å². The van der Waals surface area contributed by atoms with Gasteiger partial charge in [-0.3, -0.25) is 14.3 Å². The summed E-state index contributed by atoms with van der Waals surface area (Å²) in [6.07, 6.45) is 0. The van der Waals surface area contributed by atoms with Crippen LogP contribution in [-0.2, 0) is 11.8 Å². The van der Waals surface area contributed by atoms with Gasteiger partial charge in [-0.2, -0.15) is 5.10 Å². The number of nitrogens with zero attached hydrogens (tertiary/aromatic N) is 3. The molecular weight excluding hydrogens is 248 g/mol. The molecular formula is C12H18N4O3. The first-order valence-corrected chi connectivity index (χ1v) is 6.14. The first-order valence-electron chi connectivity index (χ1n) is 6.14. The fraction of sp³-hybridized carbons (Fsp3) is 0.583. The van der Waals surface area contributed by atoms with Crippen LogP contribution in [0.4, 0.5) is 5.82 Å². The van der Waals surface area contributed by atoms with Crippen LogP contribution in [0.15, 0.2) is 0 Å². The van der Waals surface area contributed by atoms with Crippen LogP contribution >= 0.6 is 0 Å². The lowest BCUT2D eigenvalue weighted by Gasteiger charge is -2.19. The molecule has 1 aliphatic heterocycles. The molecule has 1 aromatic rings. The van der Waals surface area contributed by atoms with Crippen molar-refractivity contribution in [3.8, 4) is 0 Å². The predicted molar refractivity (Wildman–Crippen MR) is 69.0 cm³/mol. The van der Waals surface area contributed by atoms with Gasteiger partial charge in [-0.15, -0.1) is 0 Å². The maximum atomic E-state index is 11.5. The lowest BCUT2D eigenvalue weighted by molar-refractivity contribution is -0.142. The van der Waals surface area contributed by atoms with Crippen molar-refractivity contribution in [2.24, 2.45) is 24.6 Å². The Morgan fingerprint density at radius 3 is 2.53 bits per heavy atom. The van der Waals surface area contributed by atoms with Crippen molar-refractivity contribution in [1.29, 1.82) is 0 Å². The molecule has 7 heteroatoms. The SMILES string of the molecule is Cc1nn(C)c(N2CC(C)C(C(=O)O)C2)c1C(N)=O. The van der Waals surface area contributed by atoms with Crippen LogP contribution in [0.5, 0.6) is 0 Å². The predicted octanol–water partition coefficient (Wildman–Crippen LogP) is -0.0157. The molecule has 2 heterocycles. The third kappa shape index (κ3) is 2.16. The normalized spacial score (nSPS) is 22.8. The van der Waals surface area contributed by atoms with Crippen LogP contribution in [0.3, 0.4) is 0 Å². The summed E-state index contributed by atoms with van der Waals surface area (Å²) in [5.41, 5.74) is 6.33. The number of aliphatic carboxylic acids is 1. The Morgan fingerprint density at radius 2 is 2.05 bits per heavy atom. The minimum absolute atomic E-state index is 0.0217. The molecule has 104 valence electrons. The van der Waals surface area contributed by atoms with Crippen LogP contribution in [-0.4, -0.2) is 39.9 Å². The molecule has 1 aromatic heterocycles. The lowest BCUT2D eigenvalue weighted by atomic mass is 9.99. The van der Waals surface area contributed by atoms with E-state index in [-0.39, 0.29) is 5.92 Å². The average molecular weight is 266 g/mol. The summed E-state index contributed by atoms with van der Waals surface area (Å²) in [4.78, 5) is 24.6. The summed E-state index contributed by atoms with van der Waals surface area (Å²) in [6, 6.07) is 0. The highest BCUT2D eigenvalue weighted by Crippen LogP contribution is 2.31. The third-order valence-corrected chi connectivity index (χ3v) is 3.67. The van der Waals surface area contributed by atoms with Crippen molar-refractivity contribution >= 4 is 17.7 Å². The number of carbonyl (C=O) groups excluding carboxylic acids is 1. The van der Waals surface area contributed by atoms with Crippen LogP contribution in [0.2, 0.25) is 0 Å². The first kappa shape index (κ1) is 13.4.